The van der Waals surface area contributed by atoms with Crippen LogP contribution < -0.4 is 10.1 Å². The van der Waals surface area contributed by atoms with Gasteiger partial charge in [0, 0.05) is 5.69 Å². The van der Waals surface area contributed by atoms with Crippen molar-refractivity contribution in [1.29, 1.82) is 5.26 Å². The summed E-state index contributed by atoms with van der Waals surface area (Å²) in [4.78, 5) is 12.3. The molecule has 0 aliphatic rings. The molecule has 0 heterocycles. The van der Waals surface area contributed by atoms with E-state index in [0.717, 1.165) is 18.6 Å². The Balaban J connectivity index is 2.20. The molecule has 0 saturated heterocycles. The highest BCUT2D eigenvalue weighted by Gasteiger charge is 2.30. The summed E-state index contributed by atoms with van der Waals surface area (Å²) in [6.07, 6.45) is -2.43. The molecule has 28 heavy (non-hydrogen) atoms. The van der Waals surface area contributed by atoms with Crippen molar-refractivity contribution in [2.45, 2.75) is 19.5 Å². The molecule has 2 aromatic carbocycles. The van der Waals surface area contributed by atoms with Crippen molar-refractivity contribution in [1.82, 2.24) is 0 Å². The highest BCUT2D eigenvalue weighted by Crippen LogP contribution is 2.31. The Morgan fingerprint density at radius 2 is 2.04 bits per heavy atom. The Morgan fingerprint density at radius 3 is 2.64 bits per heavy atom. The van der Waals surface area contributed by atoms with Gasteiger partial charge in [0.2, 0.25) is 0 Å². The minimum atomic E-state index is -4.53. The second kappa shape index (κ2) is 9.29. The first-order chi connectivity index (χ1) is 13.2. The van der Waals surface area contributed by atoms with E-state index in [1.54, 1.807) is 18.2 Å². The second-order valence-corrected chi connectivity index (χ2v) is 6.15. The average molecular weight is 409 g/mol. The first-order valence-electron chi connectivity index (χ1n) is 8.27. The zero-order valence-corrected chi connectivity index (χ0v) is 15.6. The summed E-state index contributed by atoms with van der Waals surface area (Å²) in [6, 6.07) is 10.7. The van der Waals surface area contributed by atoms with Crippen LogP contribution >= 0.6 is 11.6 Å². The normalized spacial score (nSPS) is 11.6. The molecule has 0 saturated carbocycles. The maximum absolute atomic E-state index is 12.8. The first-order valence-corrected chi connectivity index (χ1v) is 8.65. The molecule has 8 heteroatoms. The van der Waals surface area contributed by atoms with Crippen LogP contribution in [0.25, 0.3) is 6.08 Å². The Labute approximate surface area is 165 Å². The number of benzene rings is 2. The lowest BCUT2D eigenvalue weighted by Gasteiger charge is -2.10. The maximum Gasteiger partial charge on any atom is 0.416 e. The molecule has 1 amide bonds. The molecular weight excluding hydrogens is 393 g/mol. The largest absolute Gasteiger partial charge is 0.492 e. The number of nitriles is 1. The number of nitrogens with one attached hydrogen (secondary N) is 1. The van der Waals surface area contributed by atoms with Crippen molar-refractivity contribution in [3.63, 3.8) is 0 Å². The molecule has 1 N–H and O–H groups in total. The van der Waals surface area contributed by atoms with Gasteiger partial charge in [-0.2, -0.15) is 18.4 Å². The molecule has 0 aliphatic carbocycles. The third-order valence-corrected chi connectivity index (χ3v) is 3.84. The summed E-state index contributed by atoms with van der Waals surface area (Å²) in [7, 11) is 0. The number of anilines is 1. The highest BCUT2D eigenvalue weighted by atomic mass is 35.5. The lowest BCUT2D eigenvalue weighted by Crippen LogP contribution is -2.14. The standard InChI is InChI=1S/C20H16ClF3N2O2/c1-2-8-28-18-7-6-13(10-17(18)21)9-14(12-25)19(27)26-16-5-3-4-15(11-16)20(22,23)24/h3-7,9-11H,2,8H2,1H3,(H,26,27)/b14-9+. The number of rotatable bonds is 6. The molecule has 0 unspecified atom stereocenters. The summed E-state index contributed by atoms with van der Waals surface area (Å²) in [5.74, 6) is -0.350. The molecule has 2 rings (SSSR count). The van der Waals surface area contributed by atoms with Gasteiger partial charge in [0.25, 0.3) is 5.91 Å². The third-order valence-electron chi connectivity index (χ3n) is 3.54. The molecule has 146 valence electrons. The number of carbonyl (C=O) groups excluding carboxylic acids is 1. The van der Waals surface area contributed by atoms with E-state index in [2.05, 4.69) is 5.32 Å². The topological polar surface area (TPSA) is 62.1 Å². The third kappa shape index (κ3) is 5.76. The van der Waals surface area contributed by atoms with Gasteiger partial charge in [-0.25, -0.2) is 0 Å². The maximum atomic E-state index is 12.8. The number of nitrogens with zero attached hydrogens (tertiary/aromatic N) is 1. The van der Waals surface area contributed by atoms with Crippen LogP contribution in [0.2, 0.25) is 5.02 Å². The molecule has 2 aromatic rings. The van der Waals surface area contributed by atoms with Crippen molar-refractivity contribution in [3.05, 3.63) is 64.2 Å². The summed E-state index contributed by atoms with van der Waals surface area (Å²) >= 11 is 6.12. The molecule has 0 aliphatic heterocycles. The summed E-state index contributed by atoms with van der Waals surface area (Å²) < 4.78 is 43.7. The zero-order valence-electron chi connectivity index (χ0n) is 14.8. The number of alkyl halides is 3. The number of ether oxygens (including phenoxy) is 1. The van der Waals surface area contributed by atoms with Crippen molar-refractivity contribution in [2.24, 2.45) is 0 Å². The minimum absolute atomic E-state index is 0.0673. The lowest BCUT2D eigenvalue weighted by atomic mass is 10.1. The minimum Gasteiger partial charge on any atom is -0.492 e. The van der Waals surface area contributed by atoms with Crippen LogP contribution in [-0.4, -0.2) is 12.5 Å². The SMILES string of the molecule is CCCOc1ccc(/C=C(\C#N)C(=O)Nc2cccc(C(F)(F)F)c2)cc1Cl. The van der Waals surface area contributed by atoms with Gasteiger partial charge >= 0.3 is 6.18 Å². The van der Waals surface area contributed by atoms with E-state index < -0.39 is 17.6 Å². The van der Waals surface area contributed by atoms with Crippen LogP contribution in [0.5, 0.6) is 5.75 Å². The average Bonchev–Trinajstić information content (AvgIpc) is 2.65. The van der Waals surface area contributed by atoms with Crippen molar-refractivity contribution in [3.8, 4) is 11.8 Å². The van der Waals surface area contributed by atoms with Crippen molar-refractivity contribution < 1.29 is 22.7 Å². The van der Waals surface area contributed by atoms with E-state index in [9.17, 15) is 23.2 Å². The molecule has 0 aromatic heterocycles. The number of hydrogen-bond acceptors (Lipinski definition) is 3. The number of amides is 1. The smallest absolute Gasteiger partial charge is 0.416 e. The van der Waals surface area contributed by atoms with Gasteiger partial charge in [-0.05, 0) is 48.4 Å². The summed E-state index contributed by atoms with van der Waals surface area (Å²) in [5, 5.41) is 11.9. The Hall–Kier alpha value is -2.98. The fourth-order valence-corrected chi connectivity index (χ4v) is 2.47. The van der Waals surface area contributed by atoms with E-state index in [4.69, 9.17) is 16.3 Å². The van der Waals surface area contributed by atoms with Gasteiger partial charge in [0.1, 0.15) is 17.4 Å². The van der Waals surface area contributed by atoms with Gasteiger partial charge in [-0.3, -0.25) is 4.79 Å². The van der Waals surface area contributed by atoms with E-state index in [1.165, 1.54) is 24.3 Å². The van der Waals surface area contributed by atoms with Gasteiger partial charge in [0.15, 0.2) is 0 Å². The molecular formula is C20H16ClF3N2O2. The van der Waals surface area contributed by atoms with E-state index in [1.807, 2.05) is 6.92 Å². The van der Waals surface area contributed by atoms with Crippen molar-refractivity contribution >= 4 is 29.3 Å². The van der Waals surface area contributed by atoms with Gasteiger partial charge in [-0.15, -0.1) is 0 Å². The monoisotopic (exact) mass is 408 g/mol. The van der Waals surface area contributed by atoms with Crippen LogP contribution in [0, 0.1) is 11.3 Å². The highest BCUT2D eigenvalue weighted by molar-refractivity contribution is 6.32. The fourth-order valence-electron chi connectivity index (χ4n) is 2.22. The van der Waals surface area contributed by atoms with E-state index in [0.29, 0.717) is 22.9 Å². The zero-order chi connectivity index (χ0) is 20.7. The second-order valence-electron chi connectivity index (χ2n) is 5.74. The number of carbonyl (C=O) groups is 1. The number of halogens is 4. The van der Waals surface area contributed by atoms with Crippen LogP contribution in [0.4, 0.5) is 18.9 Å². The molecule has 0 radical (unpaired) electrons. The predicted octanol–water partition coefficient (Wildman–Crippen LogP) is 5.69. The van der Waals surface area contributed by atoms with E-state index in [-0.39, 0.29) is 11.3 Å². The van der Waals surface area contributed by atoms with Crippen LogP contribution in [0.15, 0.2) is 48.0 Å². The predicted molar refractivity (Wildman–Crippen MR) is 101 cm³/mol. The van der Waals surface area contributed by atoms with Gasteiger partial charge < -0.3 is 10.1 Å². The summed E-state index contributed by atoms with van der Waals surface area (Å²) in [6.45, 7) is 2.45. The molecule has 0 fully saturated rings. The van der Waals surface area contributed by atoms with Crippen LogP contribution in [-0.2, 0) is 11.0 Å². The van der Waals surface area contributed by atoms with Crippen molar-refractivity contribution in [2.75, 3.05) is 11.9 Å². The molecule has 0 atom stereocenters. The Morgan fingerprint density at radius 1 is 1.29 bits per heavy atom. The fraction of sp³-hybridized carbons (Fsp3) is 0.200. The summed E-state index contributed by atoms with van der Waals surface area (Å²) in [5.41, 5.74) is -0.773. The number of hydrogen-bond donors (Lipinski definition) is 1. The first kappa shape index (κ1) is 21.3. The lowest BCUT2D eigenvalue weighted by molar-refractivity contribution is -0.137. The van der Waals surface area contributed by atoms with Crippen LogP contribution in [0.1, 0.15) is 24.5 Å². The Kier molecular flexibility index (Phi) is 7.07. The van der Waals surface area contributed by atoms with Crippen LogP contribution in [0.3, 0.4) is 0 Å². The van der Waals surface area contributed by atoms with Gasteiger partial charge in [0.05, 0.1) is 17.2 Å². The Bertz CT molecular complexity index is 934. The van der Waals surface area contributed by atoms with Gasteiger partial charge in [-0.1, -0.05) is 30.7 Å². The molecule has 4 nitrogen and oxygen atoms in total. The quantitative estimate of drug-likeness (QED) is 0.493. The molecule has 0 spiro atoms. The van der Waals surface area contributed by atoms with E-state index >= 15 is 0 Å². The molecule has 0 bridgehead atoms.